The topological polar surface area (TPSA) is 72.8 Å². The quantitative estimate of drug-likeness (QED) is 0.271. The molecule has 25 heavy (non-hydrogen) atoms. The molecule has 1 atom stereocenters. The molecule has 6 nitrogen and oxygen atoms in total. The summed E-state index contributed by atoms with van der Waals surface area (Å²) in [6, 6.07) is 0. The largest absolute Gasteiger partial charge is 0.396 e. The van der Waals surface area contributed by atoms with Crippen molar-refractivity contribution in [2.45, 2.75) is 40.2 Å². The number of guanidine groups is 1. The number of nitrogens with zero attached hydrogens (tertiary/aromatic N) is 3. The smallest absolute Gasteiger partial charge is 0.191 e. The van der Waals surface area contributed by atoms with Gasteiger partial charge in [-0.3, -0.25) is 0 Å². The third-order valence-electron chi connectivity index (χ3n) is 3.57. The molecular formula is C17H34IN5OS. The predicted molar refractivity (Wildman–Crippen MR) is 119 cm³/mol. The van der Waals surface area contributed by atoms with Gasteiger partial charge >= 0.3 is 0 Å². The standard InChI is InChI=1S/C17H33N5OS.HI/c1-6-18-16(19-10-14(7-8-23)9-13(2)3)20-11-15-12-24-17(21-15)22(4)5;/h12-14,23H,6-11H2,1-5H3,(H2,18,19,20);1H. The van der Waals surface area contributed by atoms with Gasteiger partial charge in [0, 0.05) is 39.2 Å². The predicted octanol–water partition coefficient (Wildman–Crippen LogP) is 2.93. The first kappa shape index (κ1) is 24.4. The van der Waals surface area contributed by atoms with E-state index in [9.17, 15) is 5.11 Å². The molecule has 0 fully saturated rings. The average molecular weight is 483 g/mol. The molecule has 0 aliphatic heterocycles. The minimum Gasteiger partial charge on any atom is -0.396 e. The van der Waals surface area contributed by atoms with Crippen LogP contribution in [-0.2, 0) is 6.54 Å². The Morgan fingerprint density at radius 1 is 1.36 bits per heavy atom. The number of aromatic nitrogens is 1. The fraction of sp³-hybridized carbons (Fsp3) is 0.765. The number of halogens is 1. The Hall–Kier alpha value is -0.610. The van der Waals surface area contributed by atoms with Crippen LogP contribution in [0.3, 0.4) is 0 Å². The Balaban J connectivity index is 0.00000576. The first-order valence-corrected chi connectivity index (χ1v) is 9.58. The van der Waals surface area contributed by atoms with Crippen LogP contribution in [0.4, 0.5) is 5.13 Å². The number of hydrogen-bond acceptors (Lipinski definition) is 5. The lowest BCUT2D eigenvalue weighted by Gasteiger charge is -2.20. The van der Waals surface area contributed by atoms with Crippen molar-refractivity contribution in [2.75, 3.05) is 38.7 Å². The molecule has 1 aromatic rings. The van der Waals surface area contributed by atoms with Gasteiger partial charge in [-0.1, -0.05) is 13.8 Å². The van der Waals surface area contributed by atoms with E-state index in [1.54, 1.807) is 11.3 Å². The van der Waals surface area contributed by atoms with Crippen molar-refractivity contribution in [2.24, 2.45) is 16.8 Å². The molecule has 1 heterocycles. The summed E-state index contributed by atoms with van der Waals surface area (Å²) in [4.78, 5) is 11.2. The van der Waals surface area contributed by atoms with Crippen LogP contribution >= 0.6 is 35.3 Å². The maximum Gasteiger partial charge on any atom is 0.191 e. The third kappa shape index (κ3) is 10.2. The molecule has 8 heteroatoms. The molecule has 0 aliphatic rings. The number of aliphatic imine (C=N–C) groups is 1. The summed E-state index contributed by atoms with van der Waals surface area (Å²) in [6.45, 7) is 8.94. The summed E-state index contributed by atoms with van der Waals surface area (Å²) >= 11 is 1.63. The van der Waals surface area contributed by atoms with E-state index in [-0.39, 0.29) is 30.6 Å². The molecule has 0 aliphatic carbocycles. The van der Waals surface area contributed by atoms with Gasteiger partial charge in [0.25, 0.3) is 0 Å². The molecular weight excluding hydrogens is 449 g/mol. The summed E-state index contributed by atoms with van der Waals surface area (Å²) in [5.41, 5.74) is 0.981. The van der Waals surface area contributed by atoms with E-state index < -0.39 is 0 Å². The molecule has 0 radical (unpaired) electrons. The van der Waals surface area contributed by atoms with Crippen LogP contribution in [0.15, 0.2) is 10.4 Å². The van der Waals surface area contributed by atoms with E-state index in [2.05, 4.69) is 46.8 Å². The maximum absolute atomic E-state index is 9.23. The molecule has 0 saturated heterocycles. The highest BCUT2D eigenvalue weighted by Crippen LogP contribution is 2.18. The number of aliphatic hydroxyl groups is 1. The highest BCUT2D eigenvalue weighted by Gasteiger charge is 2.11. The van der Waals surface area contributed by atoms with Crippen LogP contribution in [0.1, 0.15) is 39.3 Å². The lowest BCUT2D eigenvalue weighted by molar-refractivity contribution is 0.243. The Morgan fingerprint density at radius 3 is 2.60 bits per heavy atom. The van der Waals surface area contributed by atoms with Gasteiger partial charge in [-0.2, -0.15) is 0 Å². The first-order chi connectivity index (χ1) is 11.5. The van der Waals surface area contributed by atoms with Crippen molar-refractivity contribution in [1.29, 1.82) is 0 Å². The molecule has 0 spiro atoms. The van der Waals surface area contributed by atoms with Gasteiger partial charge in [0.15, 0.2) is 11.1 Å². The van der Waals surface area contributed by atoms with E-state index in [1.165, 1.54) is 0 Å². The van der Waals surface area contributed by atoms with Crippen LogP contribution in [0.2, 0.25) is 0 Å². The molecule has 1 unspecified atom stereocenters. The van der Waals surface area contributed by atoms with Gasteiger partial charge < -0.3 is 20.6 Å². The fourth-order valence-electron chi connectivity index (χ4n) is 2.47. The fourth-order valence-corrected chi connectivity index (χ4v) is 3.22. The number of hydrogen-bond donors (Lipinski definition) is 3. The van der Waals surface area contributed by atoms with E-state index in [1.807, 2.05) is 19.0 Å². The van der Waals surface area contributed by atoms with Gasteiger partial charge in [-0.15, -0.1) is 35.3 Å². The zero-order chi connectivity index (χ0) is 17.9. The monoisotopic (exact) mass is 483 g/mol. The Kier molecular flexibility index (Phi) is 13.2. The van der Waals surface area contributed by atoms with Gasteiger partial charge in [0.1, 0.15) is 0 Å². The third-order valence-corrected chi connectivity index (χ3v) is 4.62. The molecule has 1 aromatic heterocycles. The normalized spacial score (nSPS) is 12.7. The second-order valence-corrected chi connectivity index (χ2v) is 7.44. The number of anilines is 1. The Labute approximate surface area is 173 Å². The van der Waals surface area contributed by atoms with Crippen molar-refractivity contribution in [3.05, 3.63) is 11.1 Å². The van der Waals surface area contributed by atoms with E-state index in [0.717, 1.165) is 42.7 Å². The number of nitrogens with one attached hydrogen (secondary N) is 2. The molecule has 0 aromatic carbocycles. The van der Waals surface area contributed by atoms with Crippen LogP contribution in [0, 0.1) is 11.8 Å². The summed E-state index contributed by atoms with van der Waals surface area (Å²) in [6.07, 6.45) is 1.92. The average Bonchev–Trinajstić information content (AvgIpc) is 2.98. The van der Waals surface area contributed by atoms with Gasteiger partial charge in [-0.05, 0) is 31.6 Å². The van der Waals surface area contributed by atoms with E-state index in [0.29, 0.717) is 18.4 Å². The molecule has 0 saturated carbocycles. The zero-order valence-electron chi connectivity index (χ0n) is 16.1. The molecule has 0 amide bonds. The van der Waals surface area contributed by atoms with Gasteiger partial charge in [-0.25, -0.2) is 9.98 Å². The summed E-state index contributed by atoms with van der Waals surface area (Å²) in [5.74, 6) is 1.89. The maximum atomic E-state index is 9.23. The highest BCUT2D eigenvalue weighted by molar-refractivity contribution is 14.0. The minimum atomic E-state index is 0. The second kappa shape index (κ2) is 13.6. The van der Waals surface area contributed by atoms with Crippen LogP contribution in [0.25, 0.3) is 0 Å². The van der Waals surface area contributed by atoms with Gasteiger partial charge in [0.2, 0.25) is 0 Å². The van der Waals surface area contributed by atoms with Crippen LogP contribution in [0.5, 0.6) is 0 Å². The zero-order valence-corrected chi connectivity index (χ0v) is 19.2. The molecule has 1 rings (SSSR count). The lowest BCUT2D eigenvalue weighted by atomic mass is 9.94. The second-order valence-electron chi connectivity index (χ2n) is 6.60. The van der Waals surface area contributed by atoms with Crippen molar-refractivity contribution in [3.8, 4) is 0 Å². The van der Waals surface area contributed by atoms with Crippen molar-refractivity contribution >= 4 is 46.4 Å². The minimum absolute atomic E-state index is 0. The molecule has 0 bridgehead atoms. The summed E-state index contributed by atoms with van der Waals surface area (Å²) in [7, 11) is 3.99. The van der Waals surface area contributed by atoms with E-state index >= 15 is 0 Å². The summed E-state index contributed by atoms with van der Waals surface area (Å²) < 4.78 is 0. The molecule has 3 N–H and O–H groups in total. The Bertz CT molecular complexity index is 493. The SMILES string of the molecule is CCNC(=NCc1csc(N(C)C)n1)NCC(CCO)CC(C)C.I. The Morgan fingerprint density at radius 2 is 2.08 bits per heavy atom. The first-order valence-electron chi connectivity index (χ1n) is 8.71. The van der Waals surface area contributed by atoms with Crippen molar-refractivity contribution in [3.63, 3.8) is 0 Å². The van der Waals surface area contributed by atoms with Crippen LogP contribution < -0.4 is 15.5 Å². The molecule has 146 valence electrons. The van der Waals surface area contributed by atoms with Crippen LogP contribution in [-0.4, -0.2) is 49.8 Å². The van der Waals surface area contributed by atoms with E-state index in [4.69, 9.17) is 0 Å². The van der Waals surface area contributed by atoms with Crippen molar-refractivity contribution < 1.29 is 5.11 Å². The lowest BCUT2D eigenvalue weighted by Crippen LogP contribution is -2.40. The van der Waals surface area contributed by atoms with Gasteiger partial charge in [0.05, 0.1) is 12.2 Å². The van der Waals surface area contributed by atoms with Crippen molar-refractivity contribution in [1.82, 2.24) is 15.6 Å². The number of rotatable bonds is 10. The number of thiazole rings is 1. The number of aliphatic hydroxyl groups excluding tert-OH is 1. The summed E-state index contributed by atoms with van der Waals surface area (Å²) in [5, 5.41) is 19.0. The highest BCUT2D eigenvalue weighted by atomic mass is 127.